The number of halogens is 2. The summed E-state index contributed by atoms with van der Waals surface area (Å²) in [6.45, 7) is 1.99. The van der Waals surface area contributed by atoms with Gasteiger partial charge in [-0.3, -0.25) is 0 Å². The summed E-state index contributed by atoms with van der Waals surface area (Å²) in [5, 5.41) is 10.3. The van der Waals surface area contributed by atoms with E-state index in [1.54, 1.807) is 6.07 Å². The molecule has 0 spiro atoms. The summed E-state index contributed by atoms with van der Waals surface area (Å²) in [5.41, 5.74) is 1.50. The van der Waals surface area contributed by atoms with Gasteiger partial charge in [-0.2, -0.15) is 5.26 Å². The molecule has 0 fully saturated rings. The first-order valence-corrected chi connectivity index (χ1v) is 5.65. The van der Waals surface area contributed by atoms with Gasteiger partial charge in [0.05, 0.1) is 5.02 Å². The first kappa shape index (κ1) is 10.5. The van der Waals surface area contributed by atoms with Crippen LogP contribution in [-0.4, -0.2) is 0 Å². The topological polar surface area (TPSA) is 36.9 Å². The van der Waals surface area contributed by atoms with Gasteiger partial charge in [0.2, 0.25) is 5.76 Å². The number of hydrogen-bond acceptors (Lipinski definition) is 2. The fourth-order valence-electron chi connectivity index (χ4n) is 1.62. The minimum Gasteiger partial charge on any atom is -0.444 e. The molecule has 0 amide bonds. The van der Waals surface area contributed by atoms with Crippen LogP contribution < -0.4 is 0 Å². The molecule has 1 heterocycles. The maximum Gasteiger partial charge on any atom is 0.208 e. The van der Waals surface area contributed by atoms with Crippen molar-refractivity contribution in [2.45, 2.75) is 13.3 Å². The standard InChI is InChI=1S/C11H7BrClNO/c1-2-7-8-3-6(12)4-9(13)11(8)15-10(7)5-14/h3-4H,2H2,1H3. The second-order valence-electron chi connectivity index (χ2n) is 3.14. The molecule has 0 aliphatic heterocycles. The van der Waals surface area contributed by atoms with Gasteiger partial charge >= 0.3 is 0 Å². The Kier molecular flexibility index (Phi) is 2.72. The maximum absolute atomic E-state index is 8.91. The second kappa shape index (κ2) is 3.88. The van der Waals surface area contributed by atoms with E-state index in [9.17, 15) is 0 Å². The third-order valence-corrected chi connectivity index (χ3v) is 3.01. The molecule has 2 nitrogen and oxygen atoms in total. The van der Waals surface area contributed by atoms with E-state index in [2.05, 4.69) is 15.9 Å². The van der Waals surface area contributed by atoms with Crippen molar-refractivity contribution in [2.75, 3.05) is 0 Å². The lowest BCUT2D eigenvalue weighted by Crippen LogP contribution is -1.80. The molecule has 0 saturated carbocycles. The van der Waals surface area contributed by atoms with E-state index >= 15 is 0 Å². The van der Waals surface area contributed by atoms with Crippen molar-refractivity contribution in [1.82, 2.24) is 0 Å². The van der Waals surface area contributed by atoms with Gasteiger partial charge in [0.25, 0.3) is 0 Å². The molecule has 2 aromatic rings. The lowest BCUT2D eigenvalue weighted by molar-refractivity contribution is 0.594. The number of hydrogen-bond donors (Lipinski definition) is 0. The van der Waals surface area contributed by atoms with Gasteiger partial charge in [0.1, 0.15) is 6.07 Å². The van der Waals surface area contributed by atoms with Crippen LogP contribution in [0, 0.1) is 11.3 Å². The summed E-state index contributed by atoms with van der Waals surface area (Å²) in [6, 6.07) is 5.72. The second-order valence-corrected chi connectivity index (χ2v) is 4.46. The molecule has 1 aromatic carbocycles. The highest BCUT2D eigenvalue weighted by Gasteiger charge is 2.15. The number of nitriles is 1. The van der Waals surface area contributed by atoms with Crippen LogP contribution in [-0.2, 0) is 6.42 Å². The smallest absolute Gasteiger partial charge is 0.208 e. The first-order chi connectivity index (χ1) is 7.17. The van der Waals surface area contributed by atoms with Gasteiger partial charge in [0, 0.05) is 15.4 Å². The summed E-state index contributed by atoms with van der Waals surface area (Å²) >= 11 is 9.40. The average Bonchev–Trinajstić information content (AvgIpc) is 2.55. The largest absolute Gasteiger partial charge is 0.444 e. The fraction of sp³-hybridized carbons (Fsp3) is 0.182. The molecule has 0 unspecified atom stereocenters. The lowest BCUT2D eigenvalue weighted by atomic mass is 10.1. The molecule has 15 heavy (non-hydrogen) atoms. The van der Waals surface area contributed by atoms with Gasteiger partial charge in [-0.1, -0.05) is 34.5 Å². The fourth-order valence-corrected chi connectivity index (χ4v) is 2.46. The predicted molar refractivity (Wildman–Crippen MR) is 63.0 cm³/mol. The Hall–Kier alpha value is -0.980. The van der Waals surface area contributed by atoms with Crippen molar-refractivity contribution >= 4 is 38.5 Å². The third kappa shape index (κ3) is 1.64. The Bertz CT molecular complexity index is 568. The van der Waals surface area contributed by atoms with E-state index in [4.69, 9.17) is 21.3 Å². The monoisotopic (exact) mass is 283 g/mol. The number of nitrogens with zero attached hydrogens (tertiary/aromatic N) is 1. The van der Waals surface area contributed by atoms with Crippen LogP contribution in [0.4, 0.5) is 0 Å². The predicted octanol–water partition coefficient (Wildman–Crippen LogP) is 4.28. The Morgan fingerprint density at radius 3 is 2.87 bits per heavy atom. The zero-order valence-corrected chi connectivity index (χ0v) is 10.3. The molecule has 2 rings (SSSR count). The van der Waals surface area contributed by atoms with Crippen LogP contribution in [0.25, 0.3) is 11.0 Å². The van der Waals surface area contributed by atoms with Crippen LogP contribution in [0.15, 0.2) is 21.0 Å². The van der Waals surface area contributed by atoms with Gasteiger partial charge in [-0.25, -0.2) is 0 Å². The zero-order chi connectivity index (χ0) is 11.0. The van der Waals surface area contributed by atoms with Gasteiger partial charge in [0.15, 0.2) is 5.58 Å². The SMILES string of the molecule is CCc1c(C#N)oc2c(Cl)cc(Br)cc12. The Balaban J connectivity index is 2.90. The summed E-state index contributed by atoms with van der Waals surface area (Å²) in [7, 11) is 0. The minimum absolute atomic E-state index is 0.354. The van der Waals surface area contributed by atoms with E-state index in [0.717, 1.165) is 21.8 Å². The highest BCUT2D eigenvalue weighted by Crippen LogP contribution is 2.34. The Morgan fingerprint density at radius 1 is 1.53 bits per heavy atom. The zero-order valence-electron chi connectivity index (χ0n) is 7.97. The molecule has 0 radical (unpaired) electrons. The maximum atomic E-state index is 8.91. The highest BCUT2D eigenvalue weighted by molar-refractivity contribution is 9.10. The molecule has 76 valence electrons. The molecule has 0 bridgehead atoms. The Morgan fingerprint density at radius 2 is 2.27 bits per heavy atom. The minimum atomic E-state index is 0.354. The molecule has 0 atom stereocenters. The van der Waals surface area contributed by atoms with Crippen molar-refractivity contribution in [1.29, 1.82) is 5.26 Å². The van der Waals surface area contributed by atoms with Crippen molar-refractivity contribution in [2.24, 2.45) is 0 Å². The molecule has 4 heteroatoms. The van der Waals surface area contributed by atoms with E-state index in [-0.39, 0.29) is 0 Å². The highest BCUT2D eigenvalue weighted by atomic mass is 79.9. The quantitative estimate of drug-likeness (QED) is 0.783. The summed E-state index contributed by atoms with van der Waals surface area (Å²) in [4.78, 5) is 0. The molecular formula is C11H7BrClNO. The molecule has 0 saturated heterocycles. The summed E-state index contributed by atoms with van der Waals surface area (Å²) in [6.07, 6.45) is 0.753. The van der Waals surface area contributed by atoms with Crippen LogP contribution in [0.5, 0.6) is 0 Å². The van der Waals surface area contributed by atoms with Crippen LogP contribution >= 0.6 is 27.5 Å². The van der Waals surface area contributed by atoms with Crippen LogP contribution in [0.1, 0.15) is 18.2 Å². The number of aryl methyl sites for hydroxylation is 1. The average molecular weight is 285 g/mol. The van der Waals surface area contributed by atoms with Crippen LogP contribution in [0.3, 0.4) is 0 Å². The van der Waals surface area contributed by atoms with Gasteiger partial charge in [-0.15, -0.1) is 0 Å². The van der Waals surface area contributed by atoms with Gasteiger partial charge in [-0.05, 0) is 18.6 Å². The summed E-state index contributed by atoms with van der Waals surface area (Å²) in [5.74, 6) is 0.354. The van der Waals surface area contributed by atoms with E-state index < -0.39 is 0 Å². The number of fused-ring (bicyclic) bond motifs is 1. The van der Waals surface area contributed by atoms with Crippen molar-refractivity contribution < 1.29 is 4.42 Å². The molecule has 1 aromatic heterocycles. The number of furan rings is 1. The lowest BCUT2D eigenvalue weighted by Gasteiger charge is -1.95. The summed E-state index contributed by atoms with van der Waals surface area (Å²) < 4.78 is 6.30. The van der Waals surface area contributed by atoms with Gasteiger partial charge < -0.3 is 4.42 Å². The molecule has 0 aliphatic carbocycles. The van der Waals surface area contributed by atoms with E-state index in [1.807, 2.05) is 19.1 Å². The number of rotatable bonds is 1. The van der Waals surface area contributed by atoms with E-state index in [0.29, 0.717) is 16.4 Å². The first-order valence-electron chi connectivity index (χ1n) is 4.48. The van der Waals surface area contributed by atoms with Crippen molar-refractivity contribution in [3.8, 4) is 6.07 Å². The van der Waals surface area contributed by atoms with Crippen LogP contribution in [0.2, 0.25) is 5.02 Å². The molecule has 0 aliphatic rings. The molecule has 0 N–H and O–H groups in total. The number of benzene rings is 1. The van der Waals surface area contributed by atoms with E-state index in [1.165, 1.54) is 0 Å². The normalized spacial score (nSPS) is 10.5. The van der Waals surface area contributed by atoms with Crippen molar-refractivity contribution in [3.63, 3.8) is 0 Å². The Labute approximate surface area is 101 Å². The third-order valence-electron chi connectivity index (χ3n) is 2.27. The molecular weight excluding hydrogens is 277 g/mol. The van der Waals surface area contributed by atoms with Crippen molar-refractivity contribution in [3.05, 3.63) is 33.0 Å².